The number of hydrogen-bond donors (Lipinski definition) is 1. The fourth-order valence-corrected chi connectivity index (χ4v) is 4.72. The van der Waals surface area contributed by atoms with E-state index in [4.69, 9.17) is 21.1 Å². The molecule has 0 spiro atoms. The zero-order valence-corrected chi connectivity index (χ0v) is 21.3. The number of nitrogens with one attached hydrogen (secondary N) is 1. The summed E-state index contributed by atoms with van der Waals surface area (Å²) in [6.07, 6.45) is 1.37. The molecule has 0 saturated carbocycles. The van der Waals surface area contributed by atoms with Crippen LogP contribution < -0.4 is 19.2 Å². The molecule has 0 aliphatic rings. The van der Waals surface area contributed by atoms with Crippen LogP contribution in [0.3, 0.4) is 0 Å². The van der Waals surface area contributed by atoms with Gasteiger partial charge in [-0.1, -0.05) is 29.3 Å². The summed E-state index contributed by atoms with van der Waals surface area (Å²) in [6, 6.07) is 17.2. The Morgan fingerprint density at radius 2 is 1.72 bits per heavy atom. The molecular formula is C25H24ClN3O6S. The zero-order valence-electron chi connectivity index (χ0n) is 19.8. The third kappa shape index (κ3) is 6.83. The topological polar surface area (TPSA) is 114 Å². The predicted octanol–water partition coefficient (Wildman–Crippen LogP) is 3.93. The van der Waals surface area contributed by atoms with Crippen molar-refractivity contribution in [3.05, 3.63) is 82.9 Å². The molecule has 3 rings (SSSR count). The van der Waals surface area contributed by atoms with Gasteiger partial charge in [0.25, 0.3) is 15.9 Å². The number of aryl methyl sites for hydroxylation is 1. The fourth-order valence-electron chi connectivity index (χ4n) is 3.13. The SMILES string of the molecule is COc1ccc(Cl)cc1N(CC(=O)N/N=C\c1ccc(OC(C)=O)cc1)S(=O)(=O)c1ccc(C)cc1. The Labute approximate surface area is 214 Å². The molecular weight excluding hydrogens is 506 g/mol. The monoisotopic (exact) mass is 529 g/mol. The van der Waals surface area contributed by atoms with Crippen molar-refractivity contribution in [2.45, 2.75) is 18.7 Å². The number of benzene rings is 3. The van der Waals surface area contributed by atoms with Crippen molar-refractivity contribution >= 4 is 45.4 Å². The lowest BCUT2D eigenvalue weighted by Crippen LogP contribution is -2.39. The van der Waals surface area contributed by atoms with Crippen LogP contribution in [0.15, 0.2) is 76.7 Å². The van der Waals surface area contributed by atoms with Crippen molar-refractivity contribution < 1.29 is 27.5 Å². The second-order valence-corrected chi connectivity index (χ2v) is 9.90. The summed E-state index contributed by atoms with van der Waals surface area (Å²) in [7, 11) is -2.78. The average molecular weight is 530 g/mol. The van der Waals surface area contributed by atoms with E-state index >= 15 is 0 Å². The number of methoxy groups -OCH3 is 1. The molecule has 36 heavy (non-hydrogen) atoms. The number of esters is 1. The minimum atomic E-state index is -4.17. The lowest BCUT2D eigenvalue weighted by molar-refractivity contribution is -0.131. The van der Waals surface area contributed by atoms with Gasteiger partial charge in [0, 0.05) is 11.9 Å². The van der Waals surface area contributed by atoms with Crippen molar-refractivity contribution in [1.29, 1.82) is 0 Å². The first-order valence-corrected chi connectivity index (χ1v) is 12.5. The molecule has 0 bridgehead atoms. The predicted molar refractivity (Wildman–Crippen MR) is 137 cm³/mol. The number of nitrogens with zero attached hydrogens (tertiary/aromatic N) is 2. The van der Waals surface area contributed by atoms with Gasteiger partial charge in [-0.05, 0) is 67.1 Å². The highest BCUT2D eigenvalue weighted by atomic mass is 35.5. The molecule has 0 radical (unpaired) electrons. The molecule has 3 aromatic rings. The second-order valence-electron chi connectivity index (χ2n) is 7.60. The largest absolute Gasteiger partial charge is 0.495 e. The number of carbonyl (C=O) groups is 2. The lowest BCUT2D eigenvalue weighted by Gasteiger charge is -2.25. The number of hydrazone groups is 1. The molecule has 0 aromatic heterocycles. The van der Waals surface area contributed by atoms with E-state index in [9.17, 15) is 18.0 Å². The smallest absolute Gasteiger partial charge is 0.308 e. The highest BCUT2D eigenvalue weighted by Gasteiger charge is 2.29. The van der Waals surface area contributed by atoms with E-state index in [-0.39, 0.29) is 21.4 Å². The Bertz CT molecular complexity index is 1370. The number of sulfonamides is 1. The van der Waals surface area contributed by atoms with E-state index in [2.05, 4.69) is 10.5 Å². The molecule has 0 atom stereocenters. The molecule has 1 N–H and O–H groups in total. The van der Waals surface area contributed by atoms with Crippen LogP contribution in [0.25, 0.3) is 0 Å². The van der Waals surface area contributed by atoms with E-state index in [0.717, 1.165) is 9.87 Å². The fraction of sp³-hybridized carbons (Fsp3) is 0.160. The van der Waals surface area contributed by atoms with Crippen molar-refractivity contribution in [2.75, 3.05) is 18.0 Å². The Kier molecular flexibility index (Phi) is 8.68. The normalized spacial score (nSPS) is 11.2. The Morgan fingerprint density at radius 1 is 1.06 bits per heavy atom. The molecule has 0 heterocycles. The Morgan fingerprint density at radius 3 is 2.33 bits per heavy atom. The second kappa shape index (κ2) is 11.7. The maximum absolute atomic E-state index is 13.5. The summed E-state index contributed by atoms with van der Waals surface area (Å²) in [6.45, 7) is 2.55. The number of carbonyl (C=O) groups excluding carboxylic acids is 2. The highest BCUT2D eigenvalue weighted by molar-refractivity contribution is 7.92. The minimum Gasteiger partial charge on any atom is -0.495 e. The van der Waals surface area contributed by atoms with Crippen molar-refractivity contribution in [3.8, 4) is 11.5 Å². The Hall–Kier alpha value is -3.89. The van der Waals surface area contributed by atoms with Gasteiger partial charge in [0.2, 0.25) is 0 Å². The summed E-state index contributed by atoms with van der Waals surface area (Å²) >= 11 is 6.13. The van der Waals surface area contributed by atoms with E-state index in [0.29, 0.717) is 11.3 Å². The van der Waals surface area contributed by atoms with Crippen LogP contribution in [-0.2, 0) is 19.6 Å². The van der Waals surface area contributed by atoms with Crippen molar-refractivity contribution in [3.63, 3.8) is 0 Å². The van der Waals surface area contributed by atoms with Gasteiger partial charge < -0.3 is 9.47 Å². The van der Waals surface area contributed by atoms with Crippen LogP contribution in [0.4, 0.5) is 5.69 Å². The average Bonchev–Trinajstić information content (AvgIpc) is 2.83. The summed E-state index contributed by atoms with van der Waals surface area (Å²) in [4.78, 5) is 23.8. The number of amides is 1. The summed E-state index contributed by atoms with van der Waals surface area (Å²) < 4.78 is 38.3. The molecule has 9 nitrogen and oxygen atoms in total. The van der Waals surface area contributed by atoms with E-state index in [1.807, 2.05) is 6.92 Å². The summed E-state index contributed by atoms with van der Waals surface area (Å²) in [5.74, 6) is -0.541. The number of halogens is 1. The van der Waals surface area contributed by atoms with E-state index in [1.165, 1.54) is 44.5 Å². The van der Waals surface area contributed by atoms with Gasteiger partial charge in [0.05, 0.1) is 23.9 Å². The van der Waals surface area contributed by atoms with Crippen molar-refractivity contribution in [1.82, 2.24) is 5.43 Å². The molecule has 0 unspecified atom stereocenters. The quantitative estimate of drug-likeness (QED) is 0.194. The van der Waals surface area contributed by atoms with Gasteiger partial charge in [0.15, 0.2) is 0 Å². The van der Waals surface area contributed by atoms with Crippen LogP contribution in [0.2, 0.25) is 5.02 Å². The molecule has 3 aromatic carbocycles. The van der Waals surface area contributed by atoms with Gasteiger partial charge in [-0.15, -0.1) is 0 Å². The molecule has 0 saturated heterocycles. The first-order chi connectivity index (χ1) is 17.1. The zero-order chi connectivity index (χ0) is 26.3. The lowest BCUT2D eigenvalue weighted by atomic mass is 10.2. The first-order valence-electron chi connectivity index (χ1n) is 10.6. The molecule has 0 fully saturated rings. The molecule has 1 amide bonds. The van der Waals surface area contributed by atoms with Crippen LogP contribution in [0.5, 0.6) is 11.5 Å². The van der Waals surface area contributed by atoms with Crippen molar-refractivity contribution in [2.24, 2.45) is 5.10 Å². The van der Waals surface area contributed by atoms with E-state index < -0.39 is 28.4 Å². The number of ether oxygens (including phenoxy) is 2. The van der Waals surface area contributed by atoms with Crippen LogP contribution in [0, 0.1) is 6.92 Å². The maximum atomic E-state index is 13.5. The van der Waals surface area contributed by atoms with Crippen LogP contribution in [0.1, 0.15) is 18.1 Å². The standard InChI is InChI=1S/C25H24ClN3O6S/c1-17-4-11-22(12-5-17)36(32,33)29(23-14-20(26)8-13-24(23)34-3)16-25(31)28-27-15-19-6-9-21(10-7-19)35-18(2)30/h4-15H,16H2,1-3H3,(H,28,31)/b27-15-. The highest BCUT2D eigenvalue weighted by Crippen LogP contribution is 2.34. The van der Waals surface area contributed by atoms with Crippen LogP contribution in [-0.4, -0.2) is 40.2 Å². The summed E-state index contributed by atoms with van der Waals surface area (Å²) in [5.41, 5.74) is 3.93. The van der Waals surface area contributed by atoms with Gasteiger partial charge in [0.1, 0.15) is 18.0 Å². The summed E-state index contributed by atoms with van der Waals surface area (Å²) in [5, 5.41) is 4.16. The van der Waals surface area contributed by atoms with Gasteiger partial charge in [-0.2, -0.15) is 5.10 Å². The van der Waals surface area contributed by atoms with E-state index in [1.54, 1.807) is 42.5 Å². The van der Waals surface area contributed by atoms with Gasteiger partial charge in [-0.3, -0.25) is 13.9 Å². The molecule has 188 valence electrons. The molecule has 0 aliphatic carbocycles. The third-order valence-electron chi connectivity index (χ3n) is 4.85. The number of rotatable bonds is 9. The molecule has 0 aliphatic heterocycles. The van der Waals surface area contributed by atoms with Gasteiger partial charge >= 0.3 is 5.97 Å². The Balaban J connectivity index is 1.84. The van der Waals surface area contributed by atoms with Crippen LogP contribution >= 0.6 is 11.6 Å². The number of hydrogen-bond acceptors (Lipinski definition) is 7. The minimum absolute atomic E-state index is 0.000649. The van der Waals surface area contributed by atoms with Gasteiger partial charge in [-0.25, -0.2) is 13.8 Å². The molecule has 11 heteroatoms. The maximum Gasteiger partial charge on any atom is 0.308 e. The third-order valence-corrected chi connectivity index (χ3v) is 6.86. The number of anilines is 1. The first kappa shape index (κ1) is 26.7.